The Kier molecular flexibility index (Phi) is 3.87. The third-order valence-corrected chi connectivity index (χ3v) is 4.45. The maximum Gasteiger partial charge on any atom is 0.273 e. The number of fused-ring (bicyclic) bond motifs is 1. The minimum absolute atomic E-state index is 0.0933. The second-order valence-corrected chi connectivity index (χ2v) is 5.52. The van der Waals surface area contributed by atoms with Crippen LogP contribution in [0, 0.1) is 0 Å². The van der Waals surface area contributed by atoms with Gasteiger partial charge >= 0.3 is 0 Å². The molecule has 0 saturated carbocycles. The van der Waals surface area contributed by atoms with Crippen LogP contribution in [0.15, 0.2) is 18.2 Å². The Morgan fingerprint density at radius 3 is 2.63 bits per heavy atom. The van der Waals surface area contributed by atoms with Crippen molar-refractivity contribution >= 4 is 11.6 Å². The van der Waals surface area contributed by atoms with Crippen molar-refractivity contribution in [2.45, 2.75) is 37.2 Å². The molecular weight excluding hydrogens is 274 g/mol. The number of aliphatic hydroxyl groups excluding tert-OH is 1. The molecule has 0 bridgehead atoms. The number of ether oxygens (including phenoxy) is 1. The van der Waals surface area contributed by atoms with Crippen molar-refractivity contribution < 1.29 is 18.6 Å². The lowest BCUT2D eigenvalue weighted by Gasteiger charge is -2.44. The van der Waals surface area contributed by atoms with Crippen LogP contribution in [-0.2, 0) is 16.1 Å². The van der Waals surface area contributed by atoms with E-state index in [1.807, 2.05) is 0 Å². The number of hydrogen-bond acceptors (Lipinski definition) is 2. The van der Waals surface area contributed by atoms with Crippen molar-refractivity contribution in [3.63, 3.8) is 0 Å². The lowest BCUT2D eigenvalue weighted by molar-refractivity contribution is -0.0634. The predicted octanol–water partition coefficient (Wildman–Crippen LogP) is 3.49. The number of aliphatic hydroxyl groups is 1. The van der Waals surface area contributed by atoms with Crippen LogP contribution in [0.2, 0.25) is 5.02 Å². The largest absolute Gasteiger partial charge is 0.395 e. The fourth-order valence-electron chi connectivity index (χ4n) is 2.84. The van der Waals surface area contributed by atoms with Crippen LogP contribution in [0.25, 0.3) is 0 Å². The molecule has 5 heteroatoms. The molecule has 0 aromatic heterocycles. The van der Waals surface area contributed by atoms with E-state index < -0.39 is 11.3 Å². The molecule has 2 atom stereocenters. The van der Waals surface area contributed by atoms with Crippen molar-refractivity contribution in [1.29, 1.82) is 0 Å². The third kappa shape index (κ3) is 2.26. The van der Waals surface area contributed by atoms with E-state index in [0.29, 0.717) is 5.56 Å². The molecule has 0 spiro atoms. The normalized spacial score (nSPS) is 26.8. The molecule has 1 aliphatic rings. The molecular formula is C14H17ClF2O2. The van der Waals surface area contributed by atoms with Crippen LogP contribution >= 0.6 is 11.6 Å². The van der Waals surface area contributed by atoms with E-state index in [1.54, 1.807) is 19.1 Å². The van der Waals surface area contributed by atoms with Crippen LogP contribution in [-0.4, -0.2) is 24.9 Å². The van der Waals surface area contributed by atoms with E-state index >= 15 is 0 Å². The van der Waals surface area contributed by atoms with Gasteiger partial charge in [0.1, 0.15) is 0 Å². The Morgan fingerprint density at radius 2 is 2.05 bits per heavy atom. The summed E-state index contributed by atoms with van der Waals surface area (Å²) in [5, 5.41) is 10.0. The molecule has 19 heavy (non-hydrogen) atoms. The van der Waals surface area contributed by atoms with Crippen molar-refractivity contribution in [3.05, 3.63) is 34.3 Å². The Bertz CT molecular complexity index is 479. The molecule has 2 nitrogen and oxygen atoms in total. The zero-order valence-electron chi connectivity index (χ0n) is 10.9. The fraction of sp³-hybridized carbons (Fsp3) is 0.571. The van der Waals surface area contributed by atoms with Gasteiger partial charge in [0.05, 0.1) is 12.7 Å². The molecule has 2 rings (SSSR count). The predicted molar refractivity (Wildman–Crippen MR) is 69.8 cm³/mol. The molecule has 0 radical (unpaired) electrons. The molecule has 0 amide bonds. The smallest absolute Gasteiger partial charge is 0.273 e. The average molecular weight is 291 g/mol. The first kappa shape index (κ1) is 14.7. The zero-order chi connectivity index (χ0) is 14.3. The van der Waals surface area contributed by atoms with E-state index in [1.165, 1.54) is 13.2 Å². The summed E-state index contributed by atoms with van der Waals surface area (Å²) in [6.45, 7) is 1.56. The van der Waals surface area contributed by atoms with Gasteiger partial charge in [0.25, 0.3) is 5.92 Å². The highest BCUT2D eigenvalue weighted by Crippen LogP contribution is 2.50. The van der Waals surface area contributed by atoms with Gasteiger partial charge in [-0.15, -0.1) is 0 Å². The Morgan fingerprint density at radius 1 is 1.37 bits per heavy atom. The van der Waals surface area contributed by atoms with Gasteiger partial charge in [-0.25, -0.2) is 8.78 Å². The molecule has 0 saturated heterocycles. The number of methoxy groups -OCH3 is 1. The maximum atomic E-state index is 14.0. The average Bonchev–Trinajstić information content (AvgIpc) is 2.39. The summed E-state index contributed by atoms with van der Waals surface area (Å²) in [7, 11) is 1.52. The number of alkyl halides is 2. The van der Waals surface area contributed by atoms with Crippen molar-refractivity contribution in [2.75, 3.05) is 13.7 Å². The molecule has 1 unspecified atom stereocenters. The minimum Gasteiger partial charge on any atom is -0.395 e. The van der Waals surface area contributed by atoms with Gasteiger partial charge in [-0.05, 0) is 31.0 Å². The van der Waals surface area contributed by atoms with Crippen LogP contribution < -0.4 is 0 Å². The van der Waals surface area contributed by atoms with Gasteiger partial charge in [-0.1, -0.05) is 17.7 Å². The van der Waals surface area contributed by atoms with Crippen LogP contribution in [0.4, 0.5) is 8.78 Å². The number of rotatable bonds is 3. The highest BCUT2D eigenvalue weighted by Gasteiger charge is 2.50. The van der Waals surface area contributed by atoms with E-state index in [4.69, 9.17) is 16.3 Å². The van der Waals surface area contributed by atoms with Gasteiger partial charge in [0.2, 0.25) is 0 Å². The van der Waals surface area contributed by atoms with E-state index in [9.17, 15) is 13.9 Å². The number of hydrogen-bond donors (Lipinski definition) is 1. The Labute approximate surface area is 116 Å². The van der Waals surface area contributed by atoms with Crippen LogP contribution in [0.5, 0.6) is 0 Å². The third-order valence-electron chi connectivity index (χ3n) is 4.21. The van der Waals surface area contributed by atoms with E-state index in [2.05, 4.69) is 0 Å². The van der Waals surface area contributed by atoms with Gasteiger partial charge < -0.3 is 9.84 Å². The molecule has 0 aliphatic heterocycles. The minimum atomic E-state index is -2.91. The van der Waals surface area contributed by atoms with E-state index in [-0.39, 0.29) is 36.1 Å². The number of benzene rings is 1. The Hall–Kier alpha value is -0.710. The molecule has 0 fully saturated rings. The standard InChI is InChI=1S/C14H17ClF2O2/c1-9(19-2)13(8-18)5-6-14(16,17)12-7-10(15)3-4-11(12)13/h3-4,7,9,18H,5-6,8H2,1-2H3/t9?,13-/m1/s1. The SMILES string of the molecule is COC(C)[C@]1(CO)CCC(F)(F)c2cc(Cl)ccc21. The Balaban J connectivity index is 2.64. The second-order valence-electron chi connectivity index (χ2n) is 5.09. The maximum absolute atomic E-state index is 14.0. The summed E-state index contributed by atoms with van der Waals surface area (Å²) >= 11 is 5.83. The van der Waals surface area contributed by atoms with Crippen LogP contribution in [0.1, 0.15) is 30.9 Å². The highest BCUT2D eigenvalue weighted by atomic mass is 35.5. The van der Waals surface area contributed by atoms with E-state index in [0.717, 1.165) is 0 Å². The monoisotopic (exact) mass is 290 g/mol. The zero-order valence-corrected chi connectivity index (χ0v) is 11.7. The molecule has 0 heterocycles. The lowest BCUT2D eigenvalue weighted by Crippen LogP contribution is -2.47. The first-order valence-corrected chi connectivity index (χ1v) is 6.57. The number of halogens is 3. The first-order valence-electron chi connectivity index (χ1n) is 6.19. The van der Waals surface area contributed by atoms with Crippen molar-refractivity contribution in [3.8, 4) is 0 Å². The summed E-state index contributed by atoms with van der Waals surface area (Å²) in [5.74, 6) is -2.91. The summed E-state index contributed by atoms with van der Waals surface area (Å²) in [5.41, 5.74) is -0.453. The van der Waals surface area contributed by atoms with Crippen LogP contribution in [0.3, 0.4) is 0 Å². The molecule has 1 aliphatic carbocycles. The highest BCUT2D eigenvalue weighted by molar-refractivity contribution is 6.30. The second kappa shape index (κ2) is 5.00. The molecule has 106 valence electrons. The first-order chi connectivity index (χ1) is 8.87. The van der Waals surface area contributed by atoms with Gasteiger partial charge in [0.15, 0.2) is 0 Å². The summed E-state index contributed by atoms with van der Waals surface area (Å²) in [6, 6.07) is 4.45. The molecule has 1 aromatic carbocycles. The molecule has 1 aromatic rings. The van der Waals surface area contributed by atoms with Crippen molar-refractivity contribution in [2.24, 2.45) is 0 Å². The van der Waals surface area contributed by atoms with Gasteiger partial charge in [0, 0.05) is 29.5 Å². The summed E-state index contributed by atoms with van der Waals surface area (Å²) in [6.07, 6.45) is -0.483. The topological polar surface area (TPSA) is 29.5 Å². The van der Waals surface area contributed by atoms with Gasteiger partial charge in [-0.2, -0.15) is 0 Å². The summed E-state index contributed by atoms with van der Waals surface area (Å²) in [4.78, 5) is 0. The van der Waals surface area contributed by atoms with Crippen molar-refractivity contribution in [1.82, 2.24) is 0 Å². The van der Waals surface area contributed by atoms with Gasteiger partial charge in [-0.3, -0.25) is 0 Å². The fourth-order valence-corrected chi connectivity index (χ4v) is 3.02. The summed E-state index contributed by atoms with van der Waals surface area (Å²) < 4.78 is 33.4. The lowest BCUT2D eigenvalue weighted by atomic mass is 9.66. The molecule has 1 N–H and O–H groups in total. The quantitative estimate of drug-likeness (QED) is 0.923.